The summed E-state index contributed by atoms with van der Waals surface area (Å²) in [5.74, 6) is -6.23. The lowest BCUT2D eigenvalue weighted by Crippen LogP contribution is -2.32. The second-order valence-corrected chi connectivity index (χ2v) is 31.6. The Bertz CT molecular complexity index is 3690. The highest BCUT2D eigenvalue weighted by Gasteiger charge is 2.25. The first-order chi connectivity index (χ1) is 57.0. The van der Waals surface area contributed by atoms with Crippen molar-refractivity contribution >= 4 is 87.5 Å². The van der Waals surface area contributed by atoms with E-state index in [9.17, 15) is 58.5 Å². The summed E-state index contributed by atoms with van der Waals surface area (Å²) < 4.78 is 0. The average Bonchev–Trinajstić information content (AvgIpc) is 0.819. The van der Waals surface area contributed by atoms with Gasteiger partial charge in [0.25, 0.3) is 35.4 Å². The highest BCUT2D eigenvalue weighted by molar-refractivity contribution is 6.14. The molecule has 0 fully saturated rings. The second kappa shape index (κ2) is 54.6. The fraction of sp³-hybridized carbons (Fsp3) is 0.485. The van der Waals surface area contributed by atoms with E-state index < -0.39 is 35.6 Å². The molecule has 0 aliphatic heterocycles. The largest absolute Gasteiger partial charge is 0.478 e. The van der Waals surface area contributed by atoms with E-state index in [0.717, 1.165) is 77.0 Å². The van der Waals surface area contributed by atoms with Crippen molar-refractivity contribution in [2.45, 2.75) is 290 Å². The molecule has 0 unspecified atom stereocenters. The van der Waals surface area contributed by atoms with Crippen molar-refractivity contribution in [3.05, 3.63) is 214 Å². The van der Waals surface area contributed by atoms with Gasteiger partial charge >= 0.3 is 17.9 Å². The van der Waals surface area contributed by atoms with Gasteiger partial charge in [-0.15, -0.1) is 0 Å². The number of unbranched alkanes of at least 4 members (excludes halogenated alkanes) is 39. The van der Waals surface area contributed by atoms with Crippen molar-refractivity contribution in [1.29, 1.82) is 0 Å². The van der Waals surface area contributed by atoms with Crippen molar-refractivity contribution in [2.24, 2.45) is 0 Å². The number of aromatic carboxylic acids is 3. The van der Waals surface area contributed by atoms with E-state index >= 15 is 0 Å². The van der Waals surface area contributed by atoms with Gasteiger partial charge in [-0.2, -0.15) is 0 Å². The number of rotatable bonds is 60. The fourth-order valence-corrected chi connectivity index (χ4v) is 15.0. The van der Waals surface area contributed by atoms with Gasteiger partial charge in [-0.25, -0.2) is 14.4 Å². The van der Waals surface area contributed by atoms with Gasteiger partial charge in [0, 0.05) is 87.1 Å². The third kappa shape index (κ3) is 34.5. The Morgan fingerprint density at radius 1 is 0.214 bits per heavy atom. The van der Waals surface area contributed by atoms with Crippen LogP contribution in [-0.2, 0) is 0 Å². The molecule has 117 heavy (non-hydrogen) atoms. The van der Waals surface area contributed by atoms with Crippen molar-refractivity contribution in [3.8, 4) is 0 Å². The molecule has 0 atom stereocenters. The molecule has 7 aromatic rings. The van der Waals surface area contributed by atoms with Crippen molar-refractivity contribution in [2.75, 3.05) is 50.3 Å². The number of carbonyl (C=O) groups excluding carboxylic acids is 6. The van der Waals surface area contributed by atoms with Gasteiger partial charge in [0.05, 0.1) is 16.7 Å². The zero-order chi connectivity index (χ0) is 83.6. The van der Waals surface area contributed by atoms with Gasteiger partial charge in [-0.1, -0.05) is 271 Å². The third-order valence-electron chi connectivity index (χ3n) is 22.1. The molecule has 0 aliphatic carbocycles. The molecule has 0 aliphatic rings. The number of anilines is 6. The maximum Gasteiger partial charge on any atom is 0.335 e. The molecule has 18 nitrogen and oxygen atoms in total. The molecule has 6 N–H and O–H groups in total. The van der Waals surface area contributed by atoms with Crippen LogP contribution in [0.15, 0.2) is 164 Å². The van der Waals surface area contributed by atoms with Crippen molar-refractivity contribution in [1.82, 2.24) is 0 Å². The van der Waals surface area contributed by atoms with Crippen molar-refractivity contribution in [3.63, 3.8) is 0 Å². The second-order valence-electron chi connectivity index (χ2n) is 31.6. The maximum atomic E-state index is 14.6. The third-order valence-corrected chi connectivity index (χ3v) is 22.1. The molecular weight excluding hydrogens is 1470 g/mol. The number of carboxylic acids is 3. The van der Waals surface area contributed by atoms with Gasteiger partial charge in [-0.3, -0.25) is 28.8 Å². The molecule has 7 rings (SSSR count). The summed E-state index contributed by atoms with van der Waals surface area (Å²) in [5, 5.41) is 37.7. The Balaban J connectivity index is 1.06. The summed E-state index contributed by atoms with van der Waals surface area (Å²) >= 11 is 0. The lowest BCUT2D eigenvalue weighted by molar-refractivity contribution is 0.0686. The lowest BCUT2D eigenvalue weighted by Gasteiger charge is -2.23. The van der Waals surface area contributed by atoms with Crippen LogP contribution in [0, 0.1) is 0 Å². The molecule has 0 spiro atoms. The van der Waals surface area contributed by atoms with Crippen LogP contribution in [0.3, 0.4) is 0 Å². The van der Waals surface area contributed by atoms with Crippen LogP contribution in [-0.4, -0.2) is 88.3 Å². The van der Waals surface area contributed by atoms with Gasteiger partial charge in [-0.05, 0) is 183 Å². The zero-order valence-corrected chi connectivity index (χ0v) is 70.3. The van der Waals surface area contributed by atoms with Crippen LogP contribution in [0.2, 0.25) is 0 Å². The summed E-state index contributed by atoms with van der Waals surface area (Å²) in [6.07, 6.45) is 49.7. The van der Waals surface area contributed by atoms with E-state index in [1.807, 2.05) is 0 Å². The number of hydrogen-bond donors (Lipinski definition) is 6. The zero-order valence-electron chi connectivity index (χ0n) is 70.3. The number of carbonyl (C=O) groups is 9. The number of nitrogens with one attached hydrogen (secondary N) is 3. The van der Waals surface area contributed by atoms with Gasteiger partial charge in [0.1, 0.15) is 0 Å². The van der Waals surface area contributed by atoms with Crippen LogP contribution in [0.4, 0.5) is 34.1 Å². The molecule has 0 saturated heterocycles. The van der Waals surface area contributed by atoms with Crippen LogP contribution in [0.5, 0.6) is 0 Å². The van der Waals surface area contributed by atoms with E-state index in [4.69, 9.17) is 0 Å². The van der Waals surface area contributed by atoms with E-state index in [0.29, 0.717) is 70.4 Å². The van der Waals surface area contributed by atoms with Crippen LogP contribution >= 0.6 is 0 Å². The normalized spacial score (nSPS) is 11.1. The first-order valence-corrected chi connectivity index (χ1v) is 44.3. The Morgan fingerprint density at radius 2 is 0.376 bits per heavy atom. The summed E-state index contributed by atoms with van der Waals surface area (Å²) in [5.41, 5.74) is 3.61. The predicted octanol–water partition coefficient (Wildman–Crippen LogP) is 25.9. The van der Waals surface area contributed by atoms with Crippen LogP contribution in [0.25, 0.3) is 0 Å². The first kappa shape index (κ1) is 93.9. The Labute approximate surface area is 696 Å². The van der Waals surface area contributed by atoms with Crippen LogP contribution < -0.4 is 30.7 Å². The predicted molar refractivity (Wildman–Crippen MR) is 476 cm³/mol. The molecule has 0 bridgehead atoms. The molecule has 18 heteroatoms. The van der Waals surface area contributed by atoms with Crippen molar-refractivity contribution < 1.29 is 58.5 Å². The number of benzene rings is 7. The summed E-state index contributed by atoms with van der Waals surface area (Å²) in [6.45, 7) is 7.92. The molecule has 630 valence electrons. The van der Waals surface area contributed by atoms with Crippen LogP contribution in [0.1, 0.15) is 384 Å². The molecular formula is C99H132N6O12. The number of hydrogen-bond acceptors (Lipinski definition) is 9. The quantitative estimate of drug-likeness (QED) is 0.0195. The standard InChI is InChI=1S/C99H132N6O12/c1-4-7-10-13-16-19-22-25-28-31-34-37-40-43-70-103(88-64-52-79(53-65-88)97(112)113)94(109)76-46-58-85(59-47-76)100-91(106)82-73-83(92(107)101-86-60-48-77(49-61-86)95(110)104(89-66-54-80(55-67-89)98(114)115)71-44-41-38-35-32-29-26-23-20-17-14-11-8-5-2)75-84(74-82)93(108)102-87-62-50-78(51-63-87)96(111)105(90-68-56-81(57-69-90)99(116)117)72-45-42-39-36-33-30-27-24-21-18-15-12-9-6-3/h46-69,73-75H,4-45,70-72H2,1-3H3,(H,100,106)(H,101,107)(H,102,108)(H,112,113)(H,114,115)(H,116,117). The molecule has 6 amide bonds. The van der Waals surface area contributed by atoms with E-state index in [1.165, 1.54) is 247 Å². The van der Waals surface area contributed by atoms with Gasteiger partial charge in [0.15, 0.2) is 0 Å². The minimum absolute atomic E-state index is 0.0652. The number of nitrogens with zero attached hydrogens (tertiary/aromatic N) is 3. The smallest absolute Gasteiger partial charge is 0.335 e. The topological polar surface area (TPSA) is 260 Å². The Morgan fingerprint density at radius 3 is 0.547 bits per heavy atom. The minimum atomic E-state index is -1.08. The first-order valence-electron chi connectivity index (χ1n) is 44.3. The average molecular weight is 1600 g/mol. The minimum Gasteiger partial charge on any atom is -0.478 e. The highest BCUT2D eigenvalue weighted by atomic mass is 16.4. The molecule has 0 aromatic heterocycles. The molecule has 0 radical (unpaired) electrons. The van der Waals surface area contributed by atoms with E-state index in [2.05, 4.69) is 36.7 Å². The highest BCUT2D eigenvalue weighted by Crippen LogP contribution is 2.28. The Kier molecular flexibility index (Phi) is 43.9. The summed E-state index contributed by atoms with van der Waals surface area (Å²) in [7, 11) is 0. The monoisotopic (exact) mass is 1600 g/mol. The van der Waals surface area contributed by atoms with E-state index in [-0.39, 0.29) is 51.1 Å². The molecule has 7 aromatic carbocycles. The van der Waals surface area contributed by atoms with Gasteiger partial charge in [0.2, 0.25) is 0 Å². The van der Waals surface area contributed by atoms with E-state index in [1.54, 1.807) is 124 Å². The molecule has 0 saturated carbocycles. The lowest BCUT2D eigenvalue weighted by atomic mass is 10.0. The maximum absolute atomic E-state index is 14.6. The van der Waals surface area contributed by atoms with Gasteiger partial charge < -0.3 is 46.0 Å². The number of amides is 6. The summed E-state index contributed by atoms with van der Waals surface area (Å²) in [4.78, 5) is 128. The fourth-order valence-electron chi connectivity index (χ4n) is 15.0. The summed E-state index contributed by atoms with van der Waals surface area (Å²) in [6, 6.07) is 41.8. The SMILES string of the molecule is CCCCCCCCCCCCCCCCN(C(=O)c1ccc(NC(=O)c2cc(C(=O)Nc3ccc(C(=O)N(CCCCCCCCCCCCCCCC)c4ccc(C(=O)O)cc4)cc3)cc(C(=O)Nc3ccc(C(=O)N(CCCCCCCCCCCCCCCC)c4ccc(C(=O)O)cc4)cc3)c2)cc1)c1ccc(C(=O)O)cc1. The Hall–Kier alpha value is -10.2. The molecule has 0 heterocycles. The number of carboxylic acid groups (broad SMARTS) is 3.